The molecule has 0 radical (unpaired) electrons. The second kappa shape index (κ2) is 11.2. The molecule has 1 aliphatic rings. The zero-order valence-electron chi connectivity index (χ0n) is 18.8. The fourth-order valence-electron chi connectivity index (χ4n) is 4.76. The van der Waals surface area contributed by atoms with Crippen LogP contribution in [-0.2, 0) is 29.0 Å². The highest BCUT2D eigenvalue weighted by molar-refractivity contribution is 5.80. The fourth-order valence-corrected chi connectivity index (χ4v) is 4.76. The molecule has 3 rings (SSSR count). The van der Waals surface area contributed by atoms with Crippen molar-refractivity contribution in [1.82, 2.24) is 4.90 Å². The van der Waals surface area contributed by atoms with Crippen LogP contribution in [0.4, 0.5) is 0 Å². The molecule has 3 atom stereocenters. The van der Waals surface area contributed by atoms with Gasteiger partial charge in [0.15, 0.2) is 0 Å². The third kappa shape index (κ3) is 6.51. The lowest BCUT2D eigenvalue weighted by molar-refractivity contribution is -0.146. The molecule has 0 aromatic heterocycles. The van der Waals surface area contributed by atoms with Gasteiger partial charge < -0.3 is 14.8 Å². The summed E-state index contributed by atoms with van der Waals surface area (Å²) in [7, 11) is 0. The van der Waals surface area contributed by atoms with E-state index in [1.54, 1.807) is 6.92 Å². The Labute approximate surface area is 186 Å². The van der Waals surface area contributed by atoms with Gasteiger partial charge in [0.2, 0.25) is 5.91 Å². The number of carbonyl (C=O) groups excluding carboxylic acids is 2. The minimum Gasteiger partial charge on any atom is -0.392 e. The molecule has 0 bridgehead atoms. The van der Waals surface area contributed by atoms with Crippen LogP contribution in [0.2, 0.25) is 0 Å². The van der Waals surface area contributed by atoms with E-state index in [1.165, 1.54) is 5.56 Å². The Morgan fingerprint density at radius 2 is 1.81 bits per heavy atom. The van der Waals surface area contributed by atoms with E-state index < -0.39 is 12.0 Å². The predicted molar refractivity (Wildman–Crippen MR) is 124 cm³/mol. The van der Waals surface area contributed by atoms with Crippen molar-refractivity contribution >= 4 is 11.7 Å². The highest BCUT2D eigenvalue weighted by atomic mass is 16.3. The van der Waals surface area contributed by atoms with E-state index in [0.717, 1.165) is 30.4 Å². The maximum Gasteiger partial charge on any atom is 0.228 e. The Morgan fingerprint density at radius 3 is 2.52 bits per heavy atom. The summed E-state index contributed by atoms with van der Waals surface area (Å²) in [6, 6.07) is 18.4. The molecule has 2 aromatic rings. The molecule has 0 unspecified atom stereocenters. The molecule has 1 amide bonds. The Hall–Kier alpha value is -2.46. The van der Waals surface area contributed by atoms with Crippen molar-refractivity contribution in [2.75, 3.05) is 6.54 Å². The molecular weight excluding hydrogens is 386 g/mol. The zero-order valence-corrected chi connectivity index (χ0v) is 18.8. The number of hydrogen-bond donors (Lipinski definition) is 1. The van der Waals surface area contributed by atoms with Crippen LogP contribution in [-0.4, -0.2) is 34.3 Å². The van der Waals surface area contributed by atoms with Crippen molar-refractivity contribution in [1.29, 1.82) is 0 Å². The van der Waals surface area contributed by atoms with Gasteiger partial charge in [-0.1, -0.05) is 67.9 Å². The van der Waals surface area contributed by atoms with Crippen LogP contribution in [0.25, 0.3) is 0 Å². The maximum absolute atomic E-state index is 13.2. The van der Waals surface area contributed by atoms with Crippen LogP contribution >= 0.6 is 0 Å². The Kier molecular flexibility index (Phi) is 8.42. The van der Waals surface area contributed by atoms with Crippen molar-refractivity contribution in [3.05, 3.63) is 71.3 Å². The van der Waals surface area contributed by atoms with Gasteiger partial charge in [-0.3, -0.25) is 4.79 Å². The largest absolute Gasteiger partial charge is 0.392 e. The third-order valence-electron chi connectivity index (χ3n) is 6.26. The number of aliphatic hydroxyl groups is 1. The molecule has 0 saturated carbocycles. The van der Waals surface area contributed by atoms with Crippen molar-refractivity contribution < 1.29 is 14.7 Å². The van der Waals surface area contributed by atoms with E-state index >= 15 is 0 Å². The van der Waals surface area contributed by atoms with Crippen LogP contribution in [0.15, 0.2) is 54.6 Å². The van der Waals surface area contributed by atoms with Gasteiger partial charge in [-0.2, -0.15) is 0 Å². The molecule has 1 aliphatic heterocycles. The first-order valence-corrected chi connectivity index (χ1v) is 11.6. The molecule has 4 nitrogen and oxygen atoms in total. The summed E-state index contributed by atoms with van der Waals surface area (Å²) in [4.78, 5) is 27.1. The summed E-state index contributed by atoms with van der Waals surface area (Å²) in [6.45, 7) is 5.01. The molecule has 166 valence electrons. The summed E-state index contributed by atoms with van der Waals surface area (Å²) in [6.07, 6.45) is 3.74. The predicted octanol–water partition coefficient (Wildman–Crippen LogP) is 4.58. The number of benzene rings is 2. The first-order chi connectivity index (χ1) is 15.0. The number of ketones is 1. The summed E-state index contributed by atoms with van der Waals surface area (Å²) >= 11 is 0. The number of likely N-dealkylation sites (tertiary alicyclic amines) is 1. The van der Waals surface area contributed by atoms with Gasteiger partial charge in [0.25, 0.3) is 0 Å². The number of Topliss-reactive ketones (excluding diaryl/α,β-unsaturated/α-hetero) is 1. The van der Waals surface area contributed by atoms with Gasteiger partial charge in [0, 0.05) is 19.5 Å². The van der Waals surface area contributed by atoms with Crippen LogP contribution < -0.4 is 0 Å². The van der Waals surface area contributed by atoms with Gasteiger partial charge in [0.05, 0.1) is 12.0 Å². The second-order valence-electron chi connectivity index (χ2n) is 8.92. The van der Waals surface area contributed by atoms with E-state index in [4.69, 9.17) is 0 Å². The second-order valence-corrected chi connectivity index (χ2v) is 8.92. The lowest BCUT2D eigenvalue weighted by atomic mass is 9.79. The van der Waals surface area contributed by atoms with E-state index in [0.29, 0.717) is 32.4 Å². The van der Waals surface area contributed by atoms with Gasteiger partial charge in [-0.25, -0.2) is 0 Å². The van der Waals surface area contributed by atoms with Crippen molar-refractivity contribution in [3.8, 4) is 0 Å². The van der Waals surface area contributed by atoms with Crippen LogP contribution in [0.5, 0.6) is 0 Å². The lowest BCUT2D eigenvalue weighted by Gasteiger charge is -2.37. The number of aliphatic hydroxyl groups excluding tert-OH is 1. The standard InChI is InChI=1S/C27H35NO3/c1-3-9-21-12-7-13-23(17-21)18-24(16-20(2)29)26(30)25-14-8-15-28(27(25)31)19-22-10-5-4-6-11-22/h4-7,10-13,17,24-26,30H,3,8-9,14-16,18-19H2,1-2H3/t24-,25-,26-/m0/s1. The highest BCUT2D eigenvalue weighted by Gasteiger charge is 2.38. The molecule has 1 fully saturated rings. The van der Waals surface area contributed by atoms with Crippen LogP contribution in [0.3, 0.4) is 0 Å². The molecular formula is C27H35NO3. The Balaban J connectivity index is 1.73. The first kappa shape index (κ1) is 23.2. The summed E-state index contributed by atoms with van der Waals surface area (Å²) in [5, 5.41) is 11.3. The average molecular weight is 422 g/mol. The van der Waals surface area contributed by atoms with E-state index in [2.05, 4.69) is 25.1 Å². The van der Waals surface area contributed by atoms with Gasteiger partial charge in [-0.15, -0.1) is 0 Å². The van der Waals surface area contributed by atoms with E-state index in [-0.39, 0.29) is 17.6 Å². The monoisotopic (exact) mass is 421 g/mol. The number of nitrogens with zero attached hydrogens (tertiary/aromatic N) is 1. The Bertz CT molecular complexity index is 864. The molecule has 1 saturated heterocycles. The average Bonchev–Trinajstić information content (AvgIpc) is 2.75. The number of hydrogen-bond acceptors (Lipinski definition) is 3. The minimum atomic E-state index is -0.815. The normalized spacial score (nSPS) is 18.6. The number of aryl methyl sites for hydroxylation is 1. The molecule has 0 spiro atoms. The van der Waals surface area contributed by atoms with Crippen molar-refractivity contribution in [2.24, 2.45) is 11.8 Å². The first-order valence-electron chi connectivity index (χ1n) is 11.6. The fraction of sp³-hybridized carbons (Fsp3) is 0.481. The SMILES string of the molecule is CCCc1cccc(C[C@H](CC(C)=O)[C@H](O)[C@@H]2CCCN(Cc3ccccc3)C2=O)c1. The lowest BCUT2D eigenvalue weighted by Crippen LogP contribution is -2.47. The molecule has 1 heterocycles. The number of piperidine rings is 1. The summed E-state index contributed by atoms with van der Waals surface area (Å²) < 4.78 is 0. The number of carbonyl (C=O) groups is 2. The smallest absolute Gasteiger partial charge is 0.228 e. The zero-order chi connectivity index (χ0) is 22.2. The van der Waals surface area contributed by atoms with E-state index in [9.17, 15) is 14.7 Å². The van der Waals surface area contributed by atoms with Gasteiger partial charge in [-0.05, 0) is 55.2 Å². The molecule has 0 aliphatic carbocycles. The number of amides is 1. The topological polar surface area (TPSA) is 57.6 Å². The molecule has 4 heteroatoms. The highest BCUT2D eigenvalue weighted by Crippen LogP contribution is 2.30. The van der Waals surface area contributed by atoms with Gasteiger partial charge >= 0.3 is 0 Å². The van der Waals surface area contributed by atoms with Crippen molar-refractivity contribution in [3.63, 3.8) is 0 Å². The maximum atomic E-state index is 13.2. The summed E-state index contributed by atoms with van der Waals surface area (Å²) in [5.74, 6) is -0.630. The number of rotatable bonds is 10. The Morgan fingerprint density at radius 1 is 1.10 bits per heavy atom. The van der Waals surface area contributed by atoms with E-state index in [1.807, 2.05) is 41.3 Å². The van der Waals surface area contributed by atoms with Crippen molar-refractivity contribution in [2.45, 2.75) is 65.0 Å². The molecule has 1 N–H and O–H groups in total. The minimum absolute atomic E-state index is 0.0101. The third-order valence-corrected chi connectivity index (χ3v) is 6.26. The molecule has 2 aromatic carbocycles. The molecule has 31 heavy (non-hydrogen) atoms. The van der Waals surface area contributed by atoms with Gasteiger partial charge in [0.1, 0.15) is 5.78 Å². The summed E-state index contributed by atoms with van der Waals surface area (Å²) in [5.41, 5.74) is 3.50. The van der Waals surface area contributed by atoms with Crippen LogP contribution in [0, 0.1) is 11.8 Å². The van der Waals surface area contributed by atoms with Crippen LogP contribution in [0.1, 0.15) is 56.2 Å². The quantitative estimate of drug-likeness (QED) is 0.611.